The molecule has 0 spiro atoms. The number of amides is 4. The molecule has 0 bridgehead atoms. The Morgan fingerprint density at radius 2 is 0.906 bits per heavy atom. The number of anilines is 4. The number of carbonyl (C=O) groups excluding carboxylic acids is 6. The van der Waals surface area contributed by atoms with E-state index in [-0.39, 0.29) is 67.2 Å². The van der Waals surface area contributed by atoms with Crippen LogP contribution in [0.25, 0.3) is 0 Å². The number of hydrogen-bond acceptors (Lipinski definition) is 12. The van der Waals surface area contributed by atoms with Crippen LogP contribution in [0.3, 0.4) is 0 Å². The molecule has 0 heterocycles. The van der Waals surface area contributed by atoms with E-state index in [1.54, 1.807) is 48.5 Å². The normalized spacial score (nSPS) is 12.0. The van der Waals surface area contributed by atoms with Gasteiger partial charge in [-0.05, 0) is 73.5 Å². The molecule has 4 N–H and O–H groups in total. The van der Waals surface area contributed by atoms with Gasteiger partial charge in [-0.2, -0.15) is 20.5 Å². The summed E-state index contributed by atoms with van der Waals surface area (Å²) in [4.78, 5) is 78.6. The summed E-state index contributed by atoms with van der Waals surface area (Å²) in [5.74, 6) is -3.87. The van der Waals surface area contributed by atoms with Gasteiger partial charge in [0.2, 0.25) is 12.1 Å². The molecule has 64 heavy (non-hydrogen) atoms. The Balaban J connectivity index is 1.31. The van der Waals surface area contributed by atoms with Gasteiger partial charge in [-0.25, -0.2) is 0 Å². The van der Waals surface area contributed by atoms with Crippen molar-refractivity contribution in [2.75, 3.05) is 35.5 Å². The summed E-state index contributed by atoms with van der Waals surface area (Å²) < 4.78 is 10.9. The highest BCUT2D eigenvalue weighted by atomic mass is 35.5. The maximum Gasteiger partial charge on any atom is 0.258 e. The monoisotopic (exact) mass is 946 g/mol. The Hall–Kier alpha value is -6.72. The number of rotatable bonds is 18. The van der Waals surface area contributed by atoms with Gasteiger partial charge >= 0.3 is 0 Å². The van der Waals surface area contributed by atoms with Gasteiger partial charge in [0, 0.05) is 46.4 Å². The minimum Gasteiger partial charge on any atom is -0.494 e. The first-order chi connectivity index (χ1) is 30.7. The number of benzene rings is 5. The van der Waals surface area contributed by atoms with E-state index in [1.807, 2.05) is 0 Å². The zero-order valence-electron chi connectivity index (χ0n) is 34.4. The highest BCUT2D eigenvalue weighted by Gasteiger charge is 2.28. The van der Waals surface area contributed by atoms with Crippen molar-refractivity contribution in [1.29, 1.82) is 0 Å². The van der Waals surface area contributed by atoms with Gasteiger partial charge in [0.25, 0.3) is 23.6 Å². The molecule has 5 aromatic rings. The molecule has 4 amide bonds. The molecule has 0 fully saturated rings. The average molecular weight is 949 g/mol. The fourth-order valence-corrected chi connectivity index (χ4v) is 6.52. The Morgan fingerprint density at radius 3 is 1.25 bits per heavy atom. The summed E-state index contributed by atoms with van der Waals surface area (Å²) in [6.07, 6.45) is 0. The van der Waals surface area contributed by atoms with Crippen molar-refractivity contribution < 1.29 is 38.2 Å². The van der Waals surface area contributed by atoms with Crippen LogP contribution in [-0.4, -0.2) is 61.5 Å². The number of azo groups is 2. The van der Waals surface area contributed by atoms with Crippen molar-refractivity contribution in [3.05, 3.63) is 129 Å². The zero-order chi connectivity index (χ0) is 46.5. The molecule has 0 aliphatic heterocycles. The van der Waals surface area contributed by atoms with Crippen LogP contribution in [0, 0.1) is 0 Å². The van der Waals surface area contributed by atoms with E-state index >= 15 is 0 Å². The number of nitrogens with one attached hydrogen (secondary N) is 4. The molecule has 0 radical (unpaired) electrons. The number of ketones is 2. The Morgan fingerprint density at radius 1 is 0.531 bits per heavy atom. The quantitative estimate of drug-likeness (QED) is 0.0375. The maximum absolute atomic E-state index is 13.5. The lowest BCUT2D eigenvalue weighted by Crippen LogP contribution is -2.32. The first-order valence-corrected chi connectivity index (χ1v) is 20.7. The van der Waals surface area contributed by atoms with E-state index in [1.165, 1.54) is 62.8 Å². The summed E-state index contributed by atoms with van der Waals surface area (Å²) in [5, 5.41) is 26.8. The Labute approximate surface area is 386 Å². The fourth-order valence-electron chi connectivity index (χ4n) is 5.74. The van der Waals surface area contributed by atoms with Crippen LogP contribution in [0.5, 0.6) is 11.5 Å². The standard InChI is InChI=1S/C44H38Cl4N8O8/c1-23(57)39(55-53-33-17-25(13-15-29(33)47)41(59)49-31-11-7-5-9-27(31)21-45)43(61)51-35-19-38(64-4)36(20-37(35)63-3)52-44(62)40(24(2)58)56-54-34-18-26(14-16-30(34)48)42(60)50-32-12-8-6-10-28(32)22-46/h5-20,39-40H,21-22H2,1-4H3,(H,49,59)(H,50,60)(H,51,61)(H,52,62). The van der Waals surface area contributed by atoms with Crippen LogP contribution in [0.2, 0.25) is 10.0 Å². The lowest BCUT2D eigenvalue weighted by Gasteiger charge is -2.18. The average Bonchev–Trinajstić information content (AvgIpc) is 3.27. The summed E-state index contributed by atoms with van der Waals surface area (Å²) in [5.41, 5.74) is 2.78. The first-order valence-electron chi connectivity index (χ1n) is 18.9. The number of halogens is 4. The van der Waals surface area contributed by atoms with E-state index in [0.29, 0.717) is 22.5 Å². The third-order valence-electron chi connectivity index (χ3n) is 9.10. The highest BCUT2D eigenvalue weighted by molar-refractivity contribution is 6.33. The van der Waals surface area contributed by atoms with Crippen LogP contribution >= 0.6 is 46.4 Å². The Bertz CT molecular complexity index is 2500. The second-order valence-corrected chi connectivity index (χ2v) is 14.9. The van der Waals surface area contributed by atoms with E-state index < -0.39 is 47.3 Å². The minimum absolute atomic E-state index is 0.00210. The first kappa shape index (κ1) is 48.3. The topological polar surface area (TPSA) is 218 Å². The number of carbonyl (C=O) groups is 6. The third kappa shape index (κ3) is 12.3. The molecule has 330 valence electrons. The third-order valence-corrected chi connectivity index (χ3v) is 10.3. The molecule has 16 nitrogen and oxygen atoms in total. The van der Waals surface area contributed by atoms with Crippen LogP contribution < -0.4 is 30.7 Å². The number of methoxy groups -OCH3 is 2. The molecule has 0 saturated heterocycles. The summed E-state index contributed by atoms with van der Waals surface area (Å²) in [6, 6.07) is 21.7. The van der Waals surface area contributed by atoms with Gasteiger partial charge in [0.1, 0.15) is 22.9 Å². The molecule has 5 rings (SSSR count). The maximum atomic E-state index is 13.5. The number of alkyl halides is 2. The second-order valence-electron chi connectivity index (χ2n) is 13.5. The van der Waals surface area contributed by atoms with Gasteiger partial charge in [-0.15, -0.1) is 23.2 Å². The predicted octanol–water partition coefficient (Wildman–Crippen LogP) is 10.4. The van der Waals surface area contributed by atoms with E-state index in [0.717, 1.165) is 13.8 Å². The smallest absolute Gasteiger partial charge is 0.258 e. The summed E-state index contributed by atoms with van der Waals surface area (Å²) in [6.45, 7) is 2.26. The van der Waals surface area contributed by atoms with Gasteiger partial charge in [-0.3, -0.25) is 28.8 Å². The minimum atomic E-state index is -1.68. The summed E-state index contributed by atoms with van der Waals surface area (Å²) in [7, 11) is 2.57. The van der Waals surface area contributed by atoms with E-state index in [9.17, 15) is 28.8 Å². The summed E-state index contributed by atoms with van der Waals surface area (Å²) >= 11 is 24.7. The number of ether oxygens (including phenoxy) is 2. The molecule has 20 heteroatoms. The van der Waals surface area contributed by atoms with Crippen LogP contribution in [-0.2, 0) is 30.9 Å². The predicted molar refractivity (Wildman–Crippen MR) is 246 cm³/mol. The van der Waals surface area contributed by atoms with Crippen molar-refractivity contribution >= 4 is 116 Å². The second kappa shape index (κ2) is 22.6. The van der Waals surface area contributed by atoms with Crippen LogP contribution in [0.1, 0.15) is 45.7 Å². The molecule has 5 aromatic carbocycles. The molecule has 0 aromatic heterocycles. The largest absolute Gasteiger partial charge is 0.494 e. The molecule has 2 atom stereocenters. The van der Waals surface area contributed by atoms with Crippen LogP contribution in [0.4, 0.5) is 34.1 Å². The van der Waals surface area contributed by atoms with Crippen molar-refractivity contribution in [2.24, 2.45) is 20.5 Å². The highest BCUT2D eigenvalue weighted by Crippen LogP contribution is 2.37. The number of para-hydroxylation sites is 2. The molecule has 0 aliphatic carbocycles. The SMILES string of the molecule is COc1cc(NC(=O)C(N=Nc2cc(C(=O)Nc3ccccc3CCl)ccc2Cl)C(C)=O)c(OC)cc1NC(=O)C(N=Nc1cc(C(=O)Nc2ccccc2CCl)ccc1Cl)C(C)=O. The van der Waals surface area contributed by atoms with Gasteiger partial charge in [-0.1, -0.05) is 59.6 Å². The van der Waals surface area contributed by atoms with Crippen LogP contribution in [0.15, 0.2) is 118 Å². The number of hydrogen-bond donors (Lipinski definition) is 4. The van der Waals surface area contributed by atoms with Gasteiger partial charge < -0.3 is 30.7 Å². The zero-order valence-corrected chi connectivity index (χ0v) is 37.4. The molecule has 0 aliphatic rings. The van der Waals surface area contributed by atoms with Gasteiger partial charge in [0.15, 0.2) is 11.6 Å². The lowest BCUT2D eigenvalue weighted by molar-refractivity contribution is -0.127. The van der Waals surface area contributed by atoms with Crippen molar-refractivity contribution in [3.63, 3.8) is 0 Å². The van der Waals surface area contributed by atoms with Crippen molar-refractivity contribution in [2.45, 2.75) is 37.7 Å². The molecule has 0 saturated carbocycles. The van der Waals surface area contributed by atoms with Gasteiger partial charge in [0.05, 0.1) is 35.6 Å². The van der Waals surface area contributed by atoms with Crippen molar-refractivity contribution in [3.8, 4) is 11.5 Å². The fraction of sp³-hybridized carbons (Fsp3) is 0.182. The number of Topliss-reactive ketones (excluding diaryl/α,β-unsaturated/α-hetero) is 2. The molecular formula is C44H38Cl4N8O8. The van der Waals surface area contributed by atoms with Crippen molar-refractivity contribution in [1.82, 2.24) is 0 Å². The van der Waals surface area contributed by atoms with E-state index in [4.69, 9.17) is 55.9 Å². The molecule has 2 unspecified atom stereocenters. The van der Waals surface area contributed by atoms with E-state index in [2.05, 4.69) is 41.7 Å². The molecular weight excluding hydrogens is 910 g/mol. The number of nitrogens with zero attached hydrogens (tertiary/aromatic N) is 4. The lowest BCUT2D eigenvalue weighted by atomic mass is 10.1. The Kier molecular flexibility index (Phi) is 17.0.